The first kappa shape index (κ1) is 11.5. The Balaban J connectivity index is 2.43. The predicted molar refractivity (Wildman–Crippen MR) is 71.6 cm³/mol. The second-order valence-corrected chi connectivity index (χ2v) is 4.43. The Morgan fingerprint density at radius 2 is 2.00 bits per heavy atom. The number of aryl methyl sites for hydroxylation is 3. The molecule has 2 aromatic rings. The van der Waals surface area contributed by atoms with E-state index in [1.54, 1.807) is 4.68 Å². The number of hydrogen-bond acceptors (Lipinski definition) is 3. The summed E-state index contributed by atoms with van der Waals surface area (Å²) in [5.74, 6) is 0.791. The van der Waals surface area contributed by atoms with Gasteiger partial charge < -0.3 is 10.6 Å². The number of benzene rings is 1. The summed E-state index contributed by atoms with van der Waals surface area (Å²) in [4.78, 5) is 2.02. The Bertz CT molecular complexity index is 542. The quantitative estimate of drug-likeness (QED) is 0.861. The van der Waals surface area contributed by atoms with E-state index < -0.39 is 0 Å². The highest BCUT2D eigenvalue weighted by Gasteiger charge is 2.13. The van der Waals surface area contributed by atoms with E-state index in [1.807, 2.05) is 25.2 Å². The molecule has 0 atom stereocenters. The highest BCUT2D eigenvalue weighted by molar-refractivity contribution is 5.72. The maximum atomic E-state index is 5.93. The van der Waals surface area contributed by atoms with Crippen molar-refractivity contribution in [3.05, 3.63) is 35.5 Å². The van der Waals surface area contributed by atoms with Crippen molar-refractivity contribution >= 4 is 17.2 Å². The van der Waals surface area contributed by atoms with Gasteiger partial charge in [0.05, 0.1) is 5.69 Å². The normalized spacial score (nSPS) is 10.6. The monoisotopic (exact) mass is 230 g/mol. The fourth-order valence-electron chi connectivity index (χ4n) is 2.05. The number of nitrogens with two attached hydrogens (primary N) is 1. The minimum atomic E-state index is 0.690. The molecule has 4 heteroatoms. The van der Waals surface area contributed by atoms with Crippen LogP contribution in [0.1, 0.15) is 11.1 Å². The zero-order valence-corrected chi connectivity index (χ0v) is 10.7. The van der Waals surface area contributed by atoms with E-state index in [1.165, 1.54) is 11.1 Å². The van der Waals surface area contributed by atoms with Crippen LogP contribution < -0.4 is 10.6 Å². The molecule has 4 nitrogen and oxygen atoms in total. The Labute approximate surface area is 102 Å². The highest BCUT2D eigenvalue weighted by Crippen LogP contribution is 2.29. The Morgan fingerprint density at radius 3 is 2.53 bits per heavy atom. The topological polar surface area (TPSA) is 47.1 Å². The summed E-state index contributed by atoms with van der Waals surface area (Å²) in [6, 6.07) is 6.35. The van der Waals surface area contributed by atoms with Gasteiger partial charge in [-0.25, -0.2) is 0 Å². The van der Waals surface area contributed by atoms with Crippen LogP contribution in [0.5, 0.6) is 0 Å². The first-order valence-corrected chi connectivity index (χ1v) is 5.59. The van der Waals surface area contributed by atoms with Crippen molar-refractivity contribution in [3.63, 3.8) is 0 Å². The molecular weight excluding hydrogens is 212 g/mol. The molecule has 1 heterocycles. The molecule has 2 N–H and O–H groups in total. The maximum Gasteiger partial charge on any atom is 0.178 e. The minimum Gasteiger partial charge on any atom is -0.394 e. The van der Waals surface area contributed by atoms with Gasteiger partial charge >= 0.3 is 0 Å². The van der Waals surface area contributed by atoms with E-state index in [9.17, 15) is 0 Å². The van der Waals surface area contributed by atoms with Crippen LogP contribution in [0, 0.1) is 13.8 Å². The summed E-state index contributed by atoms with van der Waals surface area (Å²) in [5, 5.41) is 4.37. The van der Waals surface area contributed by atoms with Gasteiger partial charge in [0, 0.05) is 26.0 Å². The number of hydrogen-bond donors (Lipinski definition) is 1. The molecule has 0 aliphatic heterocycles. The van der Waals surface area contributed by atoms with Crippen molar-refractivity contribution in [2.75, 3.05) is 17.7 Å². The number of anilines is 3. The summed E-state index contributed by atoms with van der Waals surface area (Å²) >= 11 is 0. The molecular formula is C13H18N4. The summed E-state index contributed by atoms with van der Waals surface area (Å²) in [6.45, 7) is 4.18. The van der Waals surface area contributed by atoms with Gasteiger partial charge in [-0.3, -0.25) is 4.68 Å². The Morgan fingerprint density at radius 1 is 1.29 bits per heavy atom. The predicted octanol–water partition coefficient (Wildman–Crippen LogP) is 2.39. The summed E-state index contributed by atoms with van der Waals surface area (Å²) in [7, 11) is 3.85. The average molecular weight is 230 g/mol. The lowest BCUT2D eigenvalue weighted by molar-refractivity contribution is 0.765. The molecule has 0 fully saturated rings. The third-order valence-corrected chi connectivity index (χ3v) is 2.87. The van der Waals surface area contributed by atoms with E-state index in [0.717, 1.165) is 11.5 Å². The van der Waals surface area contributed by atoms with Crippen molar-refractivity contribution in [3.8, 4) is 0 Å². The van der Waals surface area contributed by atoms with Gasteiger partial charge in [0.25, 0.3) is 0 Å². The minimum absolute atomic E-state index is 0.690. The largest absolute Gasteiger partial charge is 0.394 e. The van der Waals surface area contributed by atoms with Crippen LogP contribution in [0.25, 0.3) is 0 Å². The van der Waals surface area contributed by atoms with Crippen molar-refractivity contribution in [2.24, 2.45) is 7.05 Å². The lowest BCUT2D eigenvalue weighted by atomic mass is 10.1. The van der Waals surface area contributed by atoms with Crippen molar-refractivity contribution in [1.29, 1.82) is 0 Å². The van der Waals surface area contributed by atoms with Crippen LogP contribution in [-0.2, 0) is 7.05 Å². The lowest BCUT2D eigenvalue weighted by Crippen LogP contribution is -2.13. The van der Waals surface area contributed by atoms with Gasteiger partial charge in [-0.05, 0) is 25.5 Å². The molecule has 0 spiro atoms. The molecule has 0 saturated heterocycles. The van der Waals surface area contributed by atoms with Crippen molar-refractivity contribution in [2.45, 2.75) is 13.8 Å². The first-order valence-electron chi connectivity index (χ1n) is 5.59. The first-order chi connectivity index (χ1) is 7.99. The molecule has 0 radical (unpaired) electrons. The third-order valence-electron chi connectivity index (χ3n) is 2.87. The zero-order chi connectivity index (χ0) is 12.6. The molecule has 90 valence electrons. The summed E-state index contributed by atoms with van der Waals surface area (Å²) < 4.78 is 1.73. The van der Waals surface area contributed by atoms with Crippen LogP contribution in [0.4, 0.5) is 17.2 Å². The molecule has 0 unspecified atom stereocenters. The lowest BCUT2D eigenvalue weighted by Gasteiger charge is -2.19. The van der Waals surface area contributed by atoms with Gasteiger partial charge in [0.1, 0.15) is 0 Å². The van der Waals surface area contributed by atoms with Crippen LogP contribution >= 0.6 is 0 Å². The smallest absolute Gasteiger partial charge is 0.178 e. The molecule has 0 bridgehead atoms. The second-order valence-electron chi connectivity index (χ2n) is 4.43. The molecule has 0 aliphatic rings. The van der Waals surface area contributed by atoms with E-state index >= 15 is 0 Å². The van der Waals surface area contributed by atoms with Crippen LogP contribution in [0.2, 0.25) is 0 Å². The maximum absolute atomic E-state index is 5.93. The number of nitrogen functional groups attached to an aromatic ring is 1. The standard InChI is InChI=1S/C13H18N4/c1-9-5-6-12(10(2)7-9)17(4)13-11(14)8-16(3)15-13/h5-8H,14H2,1-4H3. The fraction of sp³-hybridized carbons (Fsp3) is 0.308. The van der Waals surface area contributed by atoms with Crippen LogP contribution in [0.3, 0.4) is 0 Å². The van der Waals surface area contributed by atoms with E-state index in [0.29, 0.717) is 5.69 Å². The van der Waals surface area contributed by atoms with E-state index in [2.05, 4.69) is 37.1 Å². The number of rotatable bonds is 2. The van der Waals surface area contributed by atoms with Gasteiger partial charge in [0.15, 0.2) is 5.82 Å². The Kier molecular flexibility index (Phi) is 2.79. The summed E-state index contributed by atoms with van der Waals surface area (Å²) in [6.07, 6.45) is 1.81. The average Bonchev–Trinajstić information content (AvgIpc) is 2.57. The molecule has 1 aromatic carbocycles. The zero-order valence-electron chi connectivity index (χ0n) is 10.7. The summed E-state index contributed by atoms with van der Waals surface area (Å²) in [5.41, 5.74) is 10.2. The van der Waals surface area contributed by atoms with Gasteiger partial charge in [-0.15, -0.1) is 0 Å². The molecule has 2 rings (SSSR count). The van der Waals surface area contributed by atoms with Crippen molar-refractivity contribution in [1.82, 2.24) is 9.78 Å². The fourth-order valence-corrected chi connectivity index (χ4v) is 2.05. The van der Waals surface area contributed by atoms with E-state index in [-0.39, 0.29) is 0 Å². The van der Waals surface area contributed by atoms with Gasteiger partial charge in [-0.1, -0.05) is 17.7 Å². The molecule has 0 amide bonds. The van der Waals surface area contributed by atoms with E-state index in [4.69, 9.17) is 5.73 Å². The number of aromatic nitrogens is 2. The van der Waals surface area contributed by atoms with Gasteiger partial charge in [-0.2, -0.15) is 5.10 Å². The van der Waals surface area contributed by atoms with Crippen LogP contribution in [0.15, 0.2) is 24.4 Å². The molecule has 17 heavy (non-hydrogen) atoms. The van der Waals surface area contributed by atoms with Crippen molar-refractivity contribution < 1.29 is 0 Å². The third kappa shape index (κ3) is 2.11. The number of nitrogens with zero attached hydrogens (tertiary/aromatic N) is 3. The van der Waals surface area contributed by atoms with Crippen LogP contribution in [-0.4, -0.2) is 16.8 Å². The molecule has 1 aromatic heterocycles. The Hall–Kier alpha value is -1.97. The van der Waals surface area contributed by atoms with Gasteiger partial charge in [0.2, 0.25) is 0 Å². The second kappa shape index (κ2) is 4.13. The highest BCUT2D eigenvalue weighted by atomic mass is 15.3. The SMILES string of the molecule is Cc1ccc(N(C)c2nn(C)cc2N)c(C)c1. The molecule has 0 aliphatic carbocycles. The molecule has 0 saturated carbocycles.